The lowest BCUT2D eigenvalue weighted by atomic mass is 10.3. The number of alkyl halides is 2. The maximum atomic E-state index is 12.4. The molecule has 0 radical (unpaired) electrons. The van der Waals surface area contributed by atoms with E-state index in [2.05, 4.69) is 9.46 Å². The lowest BCUT2D eigenvalue weighted by Crippen LogP contribution is -2.27. The van der Waals surface area contributed by atoms with Crippen molar-refractivity contribution in [1.82, 2.24) is 4.90 Å². The van der Waals surface area contributed by atoms with Gasteiger partial charge in [0.25, 0.3) is 15.9 Å². The van der Waals surface area contributed by atoms with Gasteiger partial charge in [0, 0.05) is 19.8 Å². The summed E-state index contributed by atoms with van der Waals surface area (Å²) in [6, 6.07) is 9.02. The standard InChI is InChI=1S/C17H17ClF2N2O5S/c1-22(2)16(23)10-26-12-5-3-11(4-6-12)21-28(24,25)13-7-8-15(14(18)9-13)27-17(19)20/h3-9,17,21H,10H2,1-2H3. The largest absolute Gasteiger partial charge is 0.484 e. The molecule has 2 rings (SSSR count). The molecule has 0 unspecified atom stereocenters. The Hall–Kier alpha value is -2.59. The summed E-state index contributed by atoms with van der Waals surface area (Å²) in [5.41, 5.74) is 0.232. The number of sulfonamides is 1. The van der Waals surface area contributed by atoms with E-state index in [9.17, 15) is 22.0 Å². The van der Waals surface area contributed by atoms with Crippen LogP contribution in [0.15, 0.2) is 47.4 Å². The second kappa shape index (κ2) is 9.07. The van der Waals surface area contributed by atoms with Gasteiger partial charge in [-0.2, -0.15) is 8.78 Å². The van der Waals surface area contributed by atoms with Gasteiger partial charge in [0.2, 0.25) is 0 Å². The molecule has 1 amide bonds. The van der Waals surface area contributed by atoms with Crippen LogP contribution in [0.5, 0.6) is 11.5 Å². The van der Waals surface area contributed by atoms with E-state index in [4.69, 9.17) is 16.3 Å². The summed E-state index contributed by atoms with van der Waals surface area (Å²) >= 11 is 5.79. The number of nitrogens with zero attached hydrogens (tertiary/aromatic N) is 1. The normalized spacial score (nSPS) is 11.2. The smallest absolute Gasteiger partial charge is 0.387 e. The van der Waals surface area contributed by atoms with Crippen LogP contribution >= 0.6 is 11.6 Å². The molecule has 1 N–H and O–H groups in total. The van der Waals surface area contributed by atoms with Crippen molar-refractivity contribution >= 4 is 33.2 Å². The third kappa shape index (κ3) is 5.96. The first-order valence-corrected chi connectivity index (χ1v) is 9.65. The second-order valence-electron chi connectivity index (χ2n) is 5.68. The summed E-state index contributed by atoms with van der Waals surface area (Å²) in [6.45, 7) is -3.23. The fourth-order valence-corrected chi connectivity index (χ4v) is 3.32. The fraction of sp³-hybridized carbons (Fsp3) is 0.235. The average molecular weight is 435 g/mol. The molecule has 152 valence electrons. The fourth-order valence-electron chi connectivity index (χ4n) is 1.95. The molecular weight excluding hydrogens is 418 g/mol. The molecule has 0 fully saturated rings. The van der Waals surface area contributed by atoms with Crippen molar-refractivity contribution in [3.8, 4) is 11.5 Å². The van der Waals surface area contributed by atoms with Gasteiger partial charge in [0.15, 0.2) is 6.61 Å². The van der Waals surface area contributed by atoms with Gasteiger partial charge in [0.1, 0.15) is 11.5 Å². The predicted octanol–water partition coefficient (Wildman–Crippen LogP) is 3.21. The Morgan fingerprint density at radius 1 is 1.18 bits per heavy atom. The number of nitrogens with one attached hydrogen (secondary N) is 1. The minimum Gasteiger partial charge on any atom is -0.484 e. The number of carbonyl (C=O) groups is 1. The summed E-state index contributed by atoms with van der Waals surface area (Å²) in [5.74, 6) is -0.167. The minimum atomic E-state index is -4.01. The topological polar surface area (TPSA) is 84.9 Å². The first kappa shape index (κ1) is 21.7. The van der Waals surface area contributed by atoms with E-state index in [-0.39, 0.29) is 33.9 Å². The van der Waals surface area contributed by atoms with E-state index in [1.807, 2.05) is 0 Å². The van der Waals surface area contributed by atoms with Crippen molar-refractivity contribution in [1.29, 1.82) is 0 Å². The van der Waals surface area contributed by atoms with Gasteiger partial charge in [-0.15, -0.1) is 0 Å². The number of ether oxygens (including phenoxy) is 2. The van der Waals surface area contributed by atoms with Crippen molar-refractivity contribution in [2.75, 3.05) is 25.4 Å². The minimum absolute atomic E-state index is 0.149. The summed E-state index contributed by atoms with van der Waals surface area (Å²) in [7, 11) is -0.812. The SMILES string of the molecule is CN(C)C(=O)COc1ccc(NS(=O)(=O)c2ccc(OC(F)F)c(Cl)c2)cc1. The zero-order valence-corrected chi connectivity index (χ0v) is 16.4. The van der Waals surface area contributed by atoms with Crippen LogP contribution in [0.1, 0.15) is 0 Å². The van der Waals surface area contributed by atoms with Crippen LogP contribution < -0.4 is 14.2 Å². The molecular formula is C17H17ClF2N2O5S. The average Bonchev–Trinajstić information content (AvgIpc) is 2.61. The number of amides is 1. The molecule has 2 aromatic rings. The van der Waals surface area contributed by atoms with Crippen LogP contribution in [-0.4, -0.2) is 46.5 Å². The number of carbonyl (C=O) groups excluding carboxylic acids is 1. The first-order chi connectivity index (χ1) is 13.1. The van der Waals surface area contributed by atoms with E-state index >= 15 is 0 Å². The third-order valence-electron chi connectivity index (χ3n) is 3.40. The van der Waals surface area contributed by atoms with Crippen molar-refractivity contribution in [2.45, 2.75) is 11.5 Å². The van der Waals surface area contributed by atoms with Gasteiger partial charge in [-0.25, -0.2) is 8.42 Å². The van der Waals surface area contributed by atoms with E-state index in [1.54, 1.807) is 14.1 Å². The molecule has 0 aliphatic carbocycles. The van der Waals surface area contributed by atoms with Gasteiger partial charge >= 0.3 is 6.61 Å². The quantitative estimate of drug-likeness (QED) is 0.689. The molecule has 11 heteroatoms. The molecule has 28 heavy (non-hydrogen) atoms. The van der Waals surface area contributed by atoms with Crippen LogP contribution in [0, 0.1) is 0 Å². The number of rotatable bonds is 8. The molecule has 0 aliphatic heterocycles. The highest BCUT2D eigenvalue weighted by Crippen LogP contribution is 2.29. The van der Waals surface area contributed by atoms with Crippen molar-refractivity contribution in [2.24, 2.45) is 0 Å². The molecule has 0 bridgehead atoms. The number of anilines is 1. The first-order valence-electron chi connectivity index (χ1n) is 7.78. The zero-order valence-electron chi connectivity index (χ0n) is 14.9. The molecule has 7 nitrogen and oxygen atoms in total. The molecule has 0 aromatic heterocycles. The van der Waals surface area contributed by atoms with Gasteiger partial charge in [-0.1, -0.05) is 11.6 Å². The maximum Gasteiger partial charge on any atom is 0.387 e. The number of benzene rings is 2. The lowest BCUT2D eigenvalue weighted by Gasteiger charge is -2.13. The highest BCUT2D eigenvalue weighted by molar-refractivity contribution is 7.92. The molecule has 2 aromatic carbocycles. The summed E-state index contributed by atoms with van der Waals surface area (Å²) in [4.78, 5) is 12.6. The predicted molar refractivity (Wildman–Crippen MR) is 99.5 cm³/mol. The van der Waals surface area contributed by atoms with Crippen molar-refractivity contribution in [3.05, 3.63) is 47.5 Å². The maximum absolute atomic E-state index is 12.4. The highest BCUT2D eigenvalue weighted by atomic mass is 35.5. The van der Waals surface area contributed by atoms with Gasteiger partial charge in [-0.3, -0.25) is 9.52 Å². The summed E-state index contributed by atoms with van der Waals surface area (Å²) in [5, 5.41) is -0.266. The van der Waals surface area contributed by atoms with E-state index in [0.717, 1.165) is 18.2 Å². The van der Waals surface area contributed by atoms with E-state index < -0.39 is 16.6 Å². The summed E-state index contributed by atoms with van der Waals surface area (Å²) < 4.78 is 61.1. The molecule has 0 atom stereocenters. The van der Waals surface area contributed by atoms with Crippen molar-refractivity contribution < 1.29 is 31.5 Å². The van der Waals surface area contributed by atoms with E-state index in [0.29, 0.717) is 5.75 Å². The zero-order chi connectivity index (χ0) is 20.9. The monoisotopic (exact) mass is 434 g/mol. The van der Waals surface area contributed by atoms with Gasteiger partial charge < -0.3 is 14.4 Å². The van der Waals surface area contributed by atoms with Crippen LogP contribution in [0.2, 0.25) is 5.02 Å². The number of hydrogen-bond donors (Lipinski definition) is 1. The van der Waals surface area contributed by atoms with Crippen LogP contribution in [0.25, 0.3) is 0 Å². The molecule has 0 saturated heterocycles. The van der Waals surface area contributed by atoms with Gasteiger partial charge in [-0.05, 0) is 42.5 Å². The highest BCUT2D eigenvalue weighted by Gasteiger charge is 2.18. The Bertz CT molecular complexity index is 937. The van der Waals surface area contributed by atoms with Crippen LogP contribution in [-0.2, 0) is 14.8 Å². The molecule has 0 heterocycles. The van der Waals surface area contributed by atoms with Crippen LogP contribution in [0.3, 0.4) is 0 Å². The van der Waals surface area contributed by atoms with Crippen LogP contribution in [0.4, 0.5) is 14.5 Å². The molecule has 0 spiro atoms. The van der Waals surface area contributed by atoms with Gasteiger partial charge in [0.05, 0.1) is 9.92 Å². The number of hydrogen-bond acceptors (Lipinski definition) is 5. The number of halogens is 3. The Balaban J connectivity index is 2.07. The lowest BCUT2D eigenvalue weighted by molar-refractivity contribution is -0.130. The Kier molecular flexibility index (Phi) is 7.03. The Morgan fingerprint density at radius 3 is 2.36 bits per heavy atom. The van der Waals surface area contributed by atoms with E-state index in [1.165, 1.54) is 29.2 Å². The van der Waals surface area contributed by atoms with Crippen molar-refractivity contribution in [3.63, 3.8) is 0 Å². The summed E-state index contributed by atoms with van der Waals surface area (Å²) in [6.07, 6.45) is 0. The Morgan fingerprint density at radius 2 is 1.82 bits per heavy atom. The third-order valence-corrected chi connectivity index (χ3v) is 5.07. The Labute approximate surface area is 165 Å². The molecule has 0 aliphatic rings. The number of likely N-dealkylation sites (N-methyl/N-ethyl adjacent to an activating group) is 1. The second-order valence-corrected chi connectivity index (χ2v) is 7.77. The molecule has 0 saturated carbocycles.